The van der Waals surface area contributed by atoms with Crippen LogP contribution in [0, 0.1) is 11.6 Å². The number of aromatic carboxylic acids is 1. The third kappa shape index (κ3) is 5.25. The van der Waals surface area contributed by atoms with Crippen molar-refractivity contribution >= 4 is 16.0 Å². The van der Waals surface area contributed by atoms with E-state index in [0.717, 1.165) is 22.5 Å². The number of carboxylic acids is 1. The van der Waals surface area contributed by atoms with Crippen LogP contribution >= 0.6 is 0 Å². The molecule has 3 aromatic rings. The second-order valence-corrected chi connectivity index (χ2v) is 8.63. The molecule has 0 aliphatic heterocycles. The molecule has 0 bridgehead atoms. The second-order valence-electron chi connectivity index (χ2n) is 6.69. The van der Waals surface area contributed by atoms with Gasteiger partial charge in [0.1, 0.15) is 17.4 Å². The fourth-order valence-corrected chi connectivity index (χ4v) is 4.38. The molecule has 0 unspecified atom stereocenters. The average Bonchev–Trinajstić information content (AvgIpc) is 2.76. The molecule has 9 heteroatoms. The summed E-state index contributed by atoms with van der Waals surface area (Å²) in [5, 5.41) is 9.03. The molecule has 162 valence electrons. The molecular weight excluding hydrogens is 428 g/mol. The van der Waals surface area contributed by atoms with Gasteiger partial charge < -0.3 is 9.84 Å². The maximum atomic E-state index is 14.2. The molecule has 0 amide bonds. The molecule has 0 aromatic heterocycles. The van der Waals surface area contributed by atoms with Crippen molar-refractivity contribution in [3.8, 4) is 5.75 Å². The third-order valence-electron chi connectivity index (χ3n) is 4.59. The highest BCUT2D eigenvalue weighted by Gasteiger charge is 2.26. The molecule has 0 radical (unpaired) electrons. The molecule has 3 aromatic carbocycles. The van der Waals surface area contributed by atoms with E-state index in [-0.39, 0.29) is 22.6 Å². The number of halogens is 2. The van der Waals surface area contributed by atoms with Crippen LogP contribution in [0.3, 0.4) is 0 Å². The monoisotopic (exact) mass is 447 g/mol. The number of sulfonamides is 1. The van der Waals surface area contributed by atoms with Crippen LogP contribution in [-0.2, 0) is 23.1 Å². The fraction of sp³-hybridized carbons (Fsp3) is 0.136. The van der Waals surface area contributed by atoms with Crippen LogP contribution < -0.4 is 4.74 Å². The van der Waals surface area contributed by atoms with Gasteiger partial charge in [-0.1, -0.05) is 12.1 Å². The van der Waals surface area contributed by atoms with E-state index in [9.17, 15) is 22.0 Å². The van der Waals surface area contributed by atoms with Crippen LogP contribution in [0.25, 0.3) is 0 Å². The van der Waals surface area contributed by atoms with Gasteiger partial charge in [-0.05, 0) is 60.2 Å². The van der Waals surface area contributed by atoms with Gasteiger partial charge in [0.2, 0.25) is 10.0 Å². The number of carboxylic acid groups (broad SMARTS) is 1. The molecule has 0 saturated heterocycles. The number of hydrogen-bond acceptors (Lipinski definition) is 4. The fourth-order valence-electron chi connectivity index (χ4n) is 2.97. The normalized spacial score (nSPS) is 11.5. The Kier molecular flexibility index (Phi) is 6.67. The highest BCUT2D eigenvalue weighted by Crippen LogP contribution is 2.24. The zero-order valence-electron chi connectivity index (χ0n) is 16.5. The summed E-state index contributed by atoms with van der Waals surface area (Å²) in [5.41, 5.74) is 0.366. The van der Waals surface area contributed by atoms with E-state index < -0.39 is 34.2 Å². The molecule has 0 spiro atoms. The molecule has 1 N–H and O–H groups in total. The summed E-state index contributed by atoms with van der Waals surface area (Å²) < 4.78 is 60.7. The van der Waals surface area contributed by atoms with E-state index in [0.29, 0.717) is 11.3 Å². The van der Waals surface area contributed by atoms with E-state index >= 15 is 0 Å². The van der Waals surface area contributed by atoms with E-state index in [1.54, 1.807) is 24.3 Å². The van der Waals surface area contributed by atoms with E-state index in [4.69, 9.17) is 9.84 Å². The van der Waals surface area contributed by atoms with E-state index in [1.807, 2.05) is 0 Å². The number of nitrogens with zero attached hydrogens (tertiary/aromatic N) is 1. The number of carbonyl (C=O) groups is 1. The molecule has 0 atom stereocenters. The van der Waals surface area contributed by atoms with Gasteiger partial charge in [-0.15, -0.1) is 0 Å². The minimum atomic E-state index is -4.18. The zero-order valence-corrected chi connectivity index (χ0v) is 17.3. The van der Waals surface area contributed by atoms with Crippen molar-refractivity contribution in [2.45, 2.75) is 18.0 Å². The summed E-state index contributed by atoms with van der Waals surface area (Å²) in [4.78, 5) is 10.9. The van der Waals surface area contributed by atoms with Gasteiger partial charge in [0, 0.05) is 18.7 Å². The van der Waals surface area contributed by atoms with Gasteiger partial charge >= 0.3 is 5.97 Å². The van der Waals surface area contributed by atoms with Gasteiger partial charge in [0.15, 0.2) is 0 Å². The number of ether oxygens (including phenoxy) is 1. The van der Waals surface area contributed by atoms with Crippen molar-refractivity contribution in [3.05, 3.63) is 95.1 Å². The summed E-state index contributed by atoms with van der Waals surface area (Å²) in [5.74, 6) is -2.12. The Morgan fingerprint density at radius 1 is 1.00 bits per heavy atom. The smallest absolute Gasteiger partial charge is 0.335 e. The van der Waals surface area contributed by atoms with Crippen LogP contribution in [0.4, 0.5) is 8.78 Å². The Balaban J connectivity index is 2.02. The number of benzene rings is 3. The lowest BCUT2D eigenvalue weighted by atomic mass is 10.2. The molecule has 6 nitrogen and oxygen atoms in total. The standard InChI is InChI=1S/C22H19F2NO5S/c1-30-19-4-2-3-15(11-19)13-25(14-17-12-18(23)7-10-21(17)24)31(28,29)20-8-5-16(6-9-20)22(26)27/h2-12H,13-14H2,1H3,(H,26,27). The largest absolute Gasteiger partial charge is 0.497 e. The average molecular weight is 447 g/mol. The summed E-state index contributed by atoms with van der Waals surface area (Å²) in [6, 6.07) is 14.2. The molecule has 0 aliphatic carbocycles. The Labute approximate surface area is 178 Å². The summed E-state index contributed by atoms with van der Waals surface area (Å²) in [6.45, 7) is -0.569. The highest BCUT2D eigenvalue weighted by atomic mass is 32.2. The van der Waals surface area contributed by atoms with Gasteiger partial charge in [0.05, 0.1) is 17.6 Å². The molecular formula is C22H19F2NO5S. The van der Waals surface area contributed by atoms with E-state index in [1.165, 1.54) is 31.4 Å². The molecule has 3 rings (SSSR count). The predicted octanol–water partition coefficient (Wildman–Crippen LogP) is 4.06. The summed E-state index contributed by atoms with van der Waals surface area (Å²) in [6.07, 6.45) is 0. The Hall–Kier alpha value is -3.30. The zero-order chi connectivity index (χ0) is 22.6. The lowest BCUT2D eigenvalue weighted by Crippen LogP contribution is -2.30. The Morgan fingerprint density at radius 3 is 2.35 bits per heavy atom. The lowest BCUT2D eigenvalue weighted by molar-refractivity contribution is 0.0696. The number of methoxy groups -OCH3 is 1. The SMILES string of the molecule is COc1cccc(CN(Cc2cc(F)ccc2F)S(=O)(=O)c2ccc(C(=O)O)cc2)c1. The van der Waals surface area contributed by atoms with Gasteiger partial charge in [-0.2, -0.15) is 4.31 Å². The number of hydrogen-bond donors (Lipinski definition) is 1. The van der Waals surface area contributed by atoms with Crippen LogP contribution in [-0.4, -0.2) is 30.9 Å². The molecule has 0 aliphatic rings. The molecule has 0 fully saturated rings. The van der Waals surface area contributed by atoms with Crippen LogP contribution in [0.2, 0.25) is 0 Å². The first-order valence-electron chi connectivity index (χ1n) is 9.11. The van der Waals surface area contributed by atoms with Gasteiger partial charge in [-0.25, -0.2) is 22.0 Å². The molecule has 31 heavy (non-hydrogen) atoms. The Bertz CT molecular complexity index is 1200. The second kappa shape index (κ2) is 9.23. The summed E-state index contributed by atoms with van der Waals surface area (Å²) >= 11 is 0. The van der Waals surface area contributed by atoms with E-state index in [2.05, 4.69) is 0 Å². The molecule has 0 heterocycles. The maximum absolute atomic E-state index is 14.2. The number of rotatable bonds is 8. The minimum Gasteiger partial charge on any atom is -0.497 e. The van der Waals surface area contributed by atoms with Crippen molar-refractivity contribution in [1.29, 1.82) is 0 Å². The first-order chi connectivity index (χ1) is 14.7. The Morgan fingerprint density at radius 2 is 1.71 bits per heavy atom. The topological polar surface area (TPSA) is 83.9 Å². The quantitative estimate of drug-likeness (QED) is 0.563. The first kappa shape index (κ1) is 22.4. The van der Waals surface area contributed by atoms with Crippen molar-refractivity contribution in [2.24, 2.45) is 0 Å². The summed E-state index contributed by atoms with van der Waals surface area (Å²) in [7, 11) is -2.71. The van der Waals surface area contributed by atoms with Gasteiger partial charge in [0.25, 0.3) is 0 Å². The van der Waals surface area contributed by atoms with Crippen molar-refractivity contribution in [3.63, 3.8) is 0 Å². The first-order valence-corrected chi connectivity index (χ1v) is 10.5. The minimum absolute atomic E-state index is 0.0746. The van der Waals surface area contributed by atoms with Crippen LogP contribution in [0.5, 0.6) is 5.75 Å². The predicted molar refractivity (Wildman–Crippen MR) is 109 cm³/mol. The van der Waals surface area contributed by atoms with Crippen molar-refractivity contribution < 1.29 is 31.8 Å². The van der Waals surface area contributed by atoms with Crippen LogP contribution in [0.15, 0.2) is 71.6 Å². The third-order valence-corrected chi connectivity index (χ3v) is 6.39. The maximum Gasteiger partial charge on any atom is 0.335 e. The van der Waals surface area contributed by atoms with Crippen molar-refractivity contribution in [1.82, 2.24) is 4.31 Å². The van der Waals surface area contributed by atoms with Gasteiger partial charge in [-0.3, -0.25) is 0 Å². The highest BCUT2D eigenvalue weighted by molar-refractivity contribution is 7.89. The molecule has 0 saturated carbocycles. The van der Waals surface area contributed by atoms with Crippen molar-refractivity contribution in [2.75, 3.05) is 7.11 Å². The van der Waals surface area contributed by atoms with Crippen LogP contribution in [0.1, 0.15) is 21.5 Å². The lowest BCUT2D eigenvalue weighted by Gasteiger charge is -2.23.